The first kappa shape index (κ1) is 30.1. The molecule has 0 unspecified atom stereocenters. The summed E-state index contributed by atoms with van der Waals surface area (Å²) in [6.07, 6.45) is 8.57. The molecule has 1 aliphatic carbocycles. The Bertz CT molecular complexity index is 1020. The molecule has 220 valence electrons. The zero-order valence-electron chi connectivity index (χ0n) is 24.1. The maximum Gasteiger partial charge on any atom is 0.276 e. The third-order valence-electron chi connectivity index (χ3n) is 8.60. The number of hydrogen-bond acceptors (Lipinski definition) is 7. The minimum absolute atomic E-state index is 0.0578. The molecule has 0 radical (unpaired) electrons. The summed E-state index contributed by atoms with van der Waals surface area (Å²) in [5.74, 6) is 1.25. The van der Waals surface area contributed by atoms with Crippen LogP contribution in [0.1, 0.15) is 56.4 Å². The predicted octanol–water partition coefficient (Wildman–Crippen LogP) is 3.29. The van der Waals surface area contributed by atoms with Gasteiger partial charge in [0.25, 0.3) is 5.91 Å². The van der Waals surface area contributed by atoms with E-state index in [0.29, 0.717) is 49.0 Å². The summed E-state index contributed by atoms with van der Waals surface area (Å²) in [6.45, 7) is 7.58. The Kier molecular flexibility index (Phi) is 11.4. The second-order valence-electron chi connectivity index (χ2n) is 11.1. The van der Waals surface area contributed by atoms with Gasteiger partial charge < -0.3 is 35.5 Å². The molecule has 9 nitrogen and oxygen atoms in total. The SMILES string of the molecule is C=C(NC[C@H]1CCC[C@@H](c2ccccc2)C1)/C(OC)=C(\N=C/N)C(=O)N1CCC(N[C@@H]2CCOC[C@@H]2OC)CC1. The number of nitrogens with two attached hydrogens (primary N) is 1. The Labute approximate surface area is 239 Å². The molecule has 4 atom stereocenters. The largest absolute Gasteiger partial charge is 0.492 e. The van der Waals surface area contributed by atoms with Crippen LogP contribution in [0.2, 0.25) is 0 Å². The molecule has 2 aliphatic heterocycles. The van der Waals surface area contributed by atoms with Crippen molar-refractivity contribution in [3.63, 3.8) is 0 Å². The molecule has 4 N–H and O–H groups in total. The summed E-state index contributed by atoms with van der Waals surface area (Å²) in [5, 5.41) is 7.17. The van der Waals surface area contributed by atoms with Gasteiger partial charge in [0.1, 0.15) is 0 Å². The molecule has 2 heterocycles. The minimum atomic E-state index is -0.192. The Hall–Kier alpha value is -2.88. The second-order valence-corrected chi connectivity index (χ2v) is 11.1. The smallest absolute Gasteiger partial charge is 0.276 e. The highest BCUT2D eigenvalue weighted by atomic mass is 16.5. The number of amides is 1. The molecule has 4 rings (SSSR count). The molecule has 2 saturated heterocycles. The molecule has 1 amide bonds. The molecule has 0 spiro atoms. The van der Waals surface area contributed by atoms with E-state index >= 15 is 0 Å². The summed E-state index contributed by atoms with van der Waals surface area (Å²) in [5.41, 5.74) is 7.82. The lowest BCUT2D eigenvalue weighted by Crippen LogP contribution is -2.54. The highest BCUT2D eigenvalue weighted by Crippen LogP contribution is 2.36. The van der Waals surface area contributed by atoms with Gasteiger partial charge in [-0.25, -0.2) is 4.99 Å². The fourth-order valence-electron chi connectivity index (χ4n) is 6.34. The fourth-order valence-corrected chi connectivity index (χ4v) is 6.34. The van der Waals surface area contributed by atoms with Gasteiger partial charge >= 0.3 is 0 Å². The lowest BCUT2D eigenvalue weighted by molar-refractivity contribution is -0.128. The van der Waals surface area contributed by atoms with E-state index in [2.05, 4.69) is 52.5 Å². The summed E-state index contributed by atoms with van der Waals surface area (Å²) >= 11 is 0. The van der Waals surface area contributed by atoms with Crippen LogP contribution in [-0.4, -0.2) is 82.4 Å². The average molecular weight is 554 g/mol. The maximum absolute atomic E-state index is 13.6. The minimum Gasteiger partial charge on any atom is -0.492 e. The number of piperidine rings is 1. The number of carbonyl (C=O) groups is 1. The number of nitrogens with zero attached hydrogens (tertiary/aromatic N) is 2. The van der Waals surface area contributed by atoms with E-state index in [0.717, 1.165) is 45.2 Å². The number of ether oxygens (including phenoxy) is 3. The number of methoxy groups -OCH3 is 2. The van der Waals surface area contributed by atoms with Crippen LogP contribution in [-0.2, 0) is 19.0 Å². The Morgan fingerprint density at radius 2 is 1.95 bits per heavy atom. The molecule has 40 heavy (non-hydrogen) atoms. The maximum atomic E-state index is 13.6. The normalized spacial score (nSPS) is 26.8. The zero-order valence-corrected chi connectivity index (χ0v) is 24.1. The molecule has 0 bridgehead atoms. The number of benzene rings is 1. The highest BCUT2D eigenvalue weighted by molar-refractivity contribution is 5.95. The lowest BCUT2D eigenvalue weighted by Gasteiger charge is -2.38. The van der Waals surface area contributed by atoms with E-state index < -0.39 is 0 Å². The zero-order chi connectivity index (χ0) is 28.3. The molecule has 1 saturated carbocycles. The summed E-state index contributed by atoms with van der Waals surface area (Å²) < 4.78 is 16.8. The van der Waals surface area contributed by atoms with Crippen LogP contribution in [0, 0.1) is 5.92 Å². The van der Waals surface area contributed by atoms with Crippen molar-refractivity contribution in [3.05, 3.63) is 59.6 Å². The number of carbonyl (C=O) groups excluding carboxylic acids is 1. The van der Waals surface area contributed by atoms with Crippen molar-refractivity contribution in [2.45, 2.75) is 69.1 Å². The van der Waals surface area contributed by atoms with Gasteiger partial charge in [0.15, 0.2) is 11.5 Å². The van der Waals surface area contributed by atoms with Gasteiger partial charge in [-0.1, -0.05) is 43.3 Å². The molecule has 3 aliphatic rings. The van der Waals surface area contributed by atoms with Crippen LogP contribution in [0.3, 0.4) is 0 Å². The van der Waals surface area contributed by atoms with Crippen molar-refractivity contribution >= 4 is 12.2 Å². The molecule has 0 aromatic heterocycles. The monoisotopic (exact) mass is 553 g/mol. The van der Waals surface area contributed by atoms with Crippen molar-refractivity contribution in [2.24, 2.45) is 16.6 Å². The molecule has 9 heteroatoms. The molecule has 3 fully saturated rings. The van der Waals surface area contributed by atoms with Crippen molar-refractivity contribution in [1.82, 2.24) is 15.5 Å². The van der Waals surface area contributed by atoms with E-state index in [1.807, 2.05) is 4.90 Å². The first-order valence-corrected chi connectivity index (χ1v) is 14.7. The quantitative estimate of drug-likeness (QED) is 0.127. The Morgan fingerprint density at radius 3 is 2.65 bits per heavy atom. The molecular weight excluding hydrogens is 506 g/mol. The van der Waals surface area contributed by atoms with Gasteiger partial charge in [0.05, 0.1) is 31.9 Å². The second kappa shape index (κ2) is 15.2. The number of nitrogens with one attached hydrogen (secondary N) is 2. The summed E-state index contributed by atoms with van der Waals surface area (Å²) in [6, 6.07) is 11.4. The van der Waals surface area contributed by atoms with Crippen LogP contribution in [0.4, 0.5) is 0 Å². The number of aliphatic imine (C=N–C) groups is 1. The van der Waals surface area contributed by atoms with Gasteiger partial charge in [-0.3, -0.25) is 4.79 Å². The van der Waals surface area contributed by atoms with Gasteiger partial charge in [0.2, 0.25) is 0 Å². The van der Waals surface area contributed by atoms with E-state index in [-0.39, 0.29) is 23.8 Å². The van der Waals surface area contributed by atoms with E-state index in [4.69, 9.17) is 19.9 Å². The average Bonchev–Trinajstić information content (AvgIpc) is 3.01. The standard InChI is InChI=1S/C31H47N5O4/c1-22(33-19-23-8-7-11-25(18-23)24-9-5-4-6-10-24)30(39-3)29(34-21-32)31(37)36-15-12-26(13-16-36)35-27-14-17-40-20-28(27)38-2/h4-6,9-10,21,23,25-28,33,35H,1,7-8,11-20H2,2-3H3,(H2,32,34)/b30-29+/t23-,25+,27+,28-/m0/s1. The summed E-state index contributed by atoms with van der Waals surface area (Å²) in [4.78, 5) is 19.7. The molecule has 1 aromatic rings. The van der Waals surface area contributed by atoms with Crippen LogP contribution in [0.15, 0.2) is 59.1 Å². The van der Waals surface area contributed by atoms with Crippen LogP contribution < -0.4 is 16.4 Å². The number of hydrogen-bond donors (Lipinski definition) is 3. The van der Waals surface area contributed by atoms with E-state index in [1.54, 1.807) is 14.2 Å². The molecule has 1 aromatic carbocycles. The lowest BCUT2D eigenvalue weighted by atomic mass is 9.78. The van der Waals surface area contributed by atoms with Gasteiger partial charge in [0, 0.05) is 45.4 Å². The highest BCUT2D eigenvalue weighted by Gasteiger charge is 2.32. The Morgan fingerprint density at radius 1 is 1.18 bits per heavy atom. The number of likely N-dealkylation sites (tertiary alicyclic amines) is 1. The fraction of sp³-hybridized carbons (Fsp3) is 0.613. The first-order chi connectivity index (χ1) is 19.5. The Balaban J connectivity index is 1.33. The van der Waals surface area contributed by atoms with Gasteiger partial charge in [-0.05, 0) is 55.9 Å². The van der Waals surface area contributed by atoms with Crippen molar-refractivity contribution < 1.29 is 19.0 Å². The van der Waals surface area contributed by atoms with E-state index in [1.165, 1.54) is 24.8 Å². The van der Waals surface area contributed by atoms with Crippen LogP contribution in [0.25, 0.3) is 0 Å². The van der Waals surface area contributed by atoms with Crippen LogP contribution >= 0.6 is 0 Å². The predicted molar refractivity (Wildman–Crippen MR) is 158 cm³/mol. The third-order valence-corrected chi connectivity index (χ3v) is 8.60. The van der Waals surface area contributed by atoms with Gasteiger partial charge in [-0.15, -0.1) is 0 Å². The first-order valence-electron chi connectivity index (χ1n) is 14.7. The van der Waals surface area contributed by atoms with Crippen molar-refractivity contribution in [2.75, 3.05) is 47.1 Å². The van der Waals surface area contributed by atoms with Crippen molar-refractivity contribution in [3.8, 4) is 0 Å². The van der Waals surface area contributed by atoms with E-state index in [9.17, 15) is 4.79 Å². The third kappa shape index (κ3) is 7.86. The topological polar surface area (TPSA) is 110 Å². The van der Waals surface area contributed by atoms with Crippen molar-refractivity contribution in [1.29, 1.82) is 0 Å². The van der Waals surface area contributed by atoms with Crippen LogP contribution in [0.5, 0.6) is 0 Å². The summed E-state index contributed by atoms with van der Waals surface area (Å²) in [7, 11) is 3.28. The molecular formula is C31H47N5O4. The number of rotatable bonds is 11. The van der Waals surface area contributed by atoms with Gasteiger partial charge in [-0.2, -0.15) is 0 Å².